The van der Waals surface area contributed by atoms with Crippen LogP contribution in [0.2, 0.25) is 0 Å². The second-order valence-corrected chi connectivity index (χ2v) is 6.41. The third-order valence-corrected chi connectivity index (χ3v) is 4.58. The molecule has 0 aromatic heterocycles. The number of nitrogens with zero attached hydrogens (tertiary/aromatic N) is 2. The van der Waals surface area contributed by atoms with E-state index in [0.717, 1.165) is 42.0 Å². The molecule has 114 valence electrons. The fourth-order valence-corrected chi connectivity index (χ4v) is 3.10. The summed E-state index contributed by atoms with van der Waals surface area (Å²) in [6.07, 6.45) is 2.55. The first-order valence-corrected chi connectivity index (χ1v) is 7.69. The molecule has 2 aliphatic rings. The van der Waals surface area contributed by atoms with E-state index in [-0.39, 0.29) is 5.91 Å². The molecule has 2 aliphatic heterocycles. The average Bonchev–Trinajstić information content (AvgIpc) is 2.49. The number of carbonyl (C=O) groups is 1. The van der Waals surface area contributed by atoms with Gasteiger partial charge in [-0.1, -0.05) is 0 Å². The lowest BCUT2D eigenvalue weighted by atomic mass is 9.88. The maximum Gasteiger partial charge on any atom is 0.226 e. The molecule has 1 amide bonds. The van der Waals surface area contributed by atoms with Crippen molar-refractivity contribution in [2.45, 2.75) is 45.6 Å². The van der Waals surface area contributed by atoms with Gasteiger partial charge in [0.1, 0.15) is 11.4 Å². The minimum absolute atomic E-state index is 0.159. The zero-order valence-electron chi connectivity index (χ0n) is 13.3. The van der Waals surface area contributed by atoms with Crippen molar-refractivity contribution in [3.8, 4) is 11.8 Å². The Bertz CT molecular complexity index is 710. The SMILES string of the molecule is CC1=C(N2CCCCC2=O)c2cc(C#N)ccc2OC1(C)C. The van der Waals surface area contributed by atoms with Crippen molar-refractivity contribution >= 4 is 11.6 Å². The highest BCUT2D eigenvalue weighted by molar-refractivity contribution is 5.90. The molecule has 0 bridgehead atoms. The lowest BCUT2D eigenvalue weighted by Crippen LogP contribution is -2.41. The van der Waals surface area contributed by atoms with Crippen LogP contribution in [0.1, 0.15) is 51.2 Å². The van der Waals surface area contributed by atoms with E-state index >= 15 is 0 Å². The van der Waals surface area contributed by atoms with E-state index in [1.165, 1.54) is 0 Å². The quantitative estimate of drug-likeness (QED) is 0.797. The zero-order chi connectivity index (χ0) is 15.9. The third-order valence-electron chi connectivity index (χ3n) is 4.58. The Hall–Kier alpha value is -2.28. The highest BCUT2D eigenvalue weighted by atomic mass is 16.5. The largest absolute Gasteiger partial charge is 0.483 e. The van der Waals surface area contributed by atoms with E-state index in [4.69, 9.17) is 10.00 Å². The van der Waals surface area contributed by atoms with Crippen LogP contribution in [0.25, 0.3) is 5.70 Å². The van der Waals surface area contributed by atoms with E-state index < -0.39 is 5.60 Å². The number of ether oxygens (including phenoxy) is 1. The number of benzene rings is 1. The summed E-state index contributed by atoms with van der Waals surface area (Å²) in [6.45, 7) is 6.77. The van der Waals surface area contributed by atoms with Crippen molar-refractivity contribution in [3.05, 3.63) is 34.9 Å². The summed E-state index contributed by atoms with van der Waals surface area (Å²) in [5, 5.41) is 9.17. The predicted octanol–water partition coefficient (Wildman–Crippen LogP) is 3.47. The molecule has 1 aromatic carbocycles. The van der Waals surface area contributed by atoms with Gasteiger partial charge in [-0.15, -0.1) is 0 Å². The van der Waals surface area contributed by atoms with Crippen molar-refractivity contribution in [1.29, 1.82) is 5.26 Å². The van der Waals surface area contributed by atoms with Gasteiger partial charge in [0, 0.05) is 18.5 Å². The van der Waals surface area contributed by atoms with Crippen LogP contribution in [0, 0.1) is 11.3 Å². The Labute approximate surface area is 131 Å². The normalized spacial score (nSPS) is 20.3. The van der Waals surface area contributed by atoms with E-state index in [2.05, 4.69) is 6.07 Å². The van der Waals surface area contributed by atoms with Crippen LogP contribution >= 0.6 is 0 Å². The summed E-state index contributed by atoms with van der Waals surface area (Å²) in [4.78, 5) is 14.3. The van der Waals surface area contributed by atoms with E-state index in [1.807, 2.05) is 37.8 Å². The fourth-order valence-electron chi connectivity index (χ4n) is 3.10. The third kappa shape index (κ3) is 2.27. The number of amides is 1. The second-order valence-electron chi connectivity index (χ2n) is 6.41. The highest BCUT2D eigenvalue weighted by Crippen LogP contribution is 2.43. The molecular formula is C18H20N2O2. The van der Waals surface area contributed by atoms with Crippen LogP contribution in [-0.2, 0) is 4.79 Å². The molecule has 0 spiro atoms. The summed E-state index contributed by atoms with van der Waals surface area (Å²) < 4.78 is 6.08. The monoisotopic (exact) mass is 296 g/mol. The Balaban J connectivity index is 2.20. The molecule has 0 aliphatic carbocycles. The summed E-state index contributed by atoms with van der Waals surface area (Å²) in [5.41, 5.74) is 2.93. The number of carbonyl (C=O) groups excluding carboxylic acids is 1. The number of hydrogen-bond acceptors (Lipinski definition) is 3. The number of hydrogen-bond donors (Lipinski definition) is 0. The van der Waals surface area contributed by atoms with Crippen molar-refractivity contribution in [3.63, 3.8) is 0 Å². The number of nitriles is 1. The Morgan fingerprint density at radius 3 is 2.77 bits per heavy atom. The molecule has 0 N–H and O–H groups in total. The van der Waals surface area contributed by atoms with Gasteiger partial charge < -0.3 is 9.64 Å². The lowest BCUT2D eigenvalue weighted by molar-refractivity contribution is -0.129. The predicted molar refractivity (Wildman–Crippen MR) is 84.0 cm³/mol. The number of piperidine rings is 1. The van der Waals surface area contributed by atoms with Crippen molar-refractivity contribution in [2.75, 3.05) is 6.54 Å². The van der Waals surface area contributed by atoms with Gasteiger partial charge >= 0.3 is 0 Å². The van der Waals surface area contributed by atoms with Crippen LogP contribution in [0.4, 0.5) is 0 Å². The molecule has 0 radical (unpaired) electrons. The van der Waals surface area contributed by atoms with Crippen LogP contribution in [0.3, 0.4) is 0 Å². The van der Waals surface area contributed by atoms with Gasteiger partial charge in [0.25, 0.3) is 0 Å². The van der Waals surface area contributed by atoms with E-state index in [0.29, 0.717) is 12.0 Å². The van der Waals surface area contributed by atoms with Gasteiger partial charge in [0.15, 0.2) is 0 Å². The van der Waals surface area contributed by atoms with Gasteiger partial charge in [0.2, 0.25) is 5.91 Å². The zero-order valence-corrected chi connectivity index (χ0v) is 13.3. The van der Waals surface area contributed by atoms with Gasteiger partial charge in [-0.3, -0.25) is 4.79 Å². The van der Waals surface area contributed by atoms with Gasteiger partial charge in [0.05, 0.1) is 17.3 Å². The molecule has 0 atom stereocenters. The minimum Gasteiger partial charge on any atom is -0.483 e. The van der Waals surface area contributed by atoms with Crippen LogP contribution in [-0.4, -0.2) is 23.0 Å². The van der Waals surface area contributed by atoms with Gasteiger partial charge in [-0.25, -0.2) is 0 Å². The number of fused-ring (bicyclic) bond motifs is 1. The molecule has 1 fully saturated rings. The Morgan fingerprint density at radius 2 is 2.09 bits per heavy atom. The average molecular weight is 296 g/mol. The summed E-state index contributed by atoms with van der Waals surface area (Å²) in [5.74, 6) is 0.898. The smallest absolute Gasteiger partial charge is 0.226 e. The van der Waals surface area contributed by atoms with Crippen molar-refractivity contribution in [2.24, 2.45) is 0 Å². The Kier molecular flexibility index (Phi) is 3.44. The minimum atomic E-state index is -0.464. The first-order valence-electron chi connectivity index (χ1n) is 7.69. The molecule has 1 aromatic rings. The summed E-state index contributed by atoms with van der Waals surface area (Å²) >= 11 is 0. The first kappa shape index (κ1) is 14.6. The van der Waals surface area contributed by atoms with Gasteiger partial charge in [-0.2, -0.15) is 5.26 Å². The lowest BCUT2D eigenvalue weighted by Gasteiger charge is -2.40. The standard InChI is InChI=1S/C18H20N2O2/c1-12-17(20-9-5-4-6-16(20)21)14-10-13(11-19)7-8-15(14)22-18(12,2)3/h7-8,10H,4-6,9H2,1-3H3. The van der Waals surface area contributed by atoms with Crippen LogP contribution in [0.15, 0.2) is 23.8 Å². The van der Waals surface area contributed by atoms with E-state index in [1.54, 1.807) is 6.07 Å². The fraction of sp³-hybridized carbons (Fsp3) is 0.444. The highest BCUT2D eigenvalue weighted by Gasteiger charge is 2.36. The molecule has 4 heteroatoms. The summed E-state index contributed by atoms with van der Waals surface area (Å²) in [7, 11) is 0. The molecule has 2 heterocycles. The van der Waals surface area contributed by atoms with Crippen molar-refractivity contribution in [1.82, 2.24) is 4.90 Å². The Morgan fingerprint density at radius 1 is 1.32 bits per heavy atom. The summed E-state index contributed by atoms with van der Waals surface area (Å²) in [6, 6.07) is 7.58. The van der Waals surface area contributed by atoms with Crippen LogP contribution < -0.4 is 4.74 Å². The molecule has 1 saturated heterocycles. The number of likely N-dealkylation sites (tertiary alicyclic amines) is 1. The molecule has 0 unspecified atom stereocenters. The van der Waals surface area contributed by atoms with Crippen LogP contribution in [0.5, 0.6) is 5.75 Å². The molecule has 3 rings (SSSR count). The molecule has 0 saturated carbocycles. The molecule has 22 heavy (non-hydrogen) atoms. The maximum atomic E-state index is 12.4. The maximum absolute atomic E-state index is 12.4. The first-order chi connectivity index (χ1) is 10.4. The van der Waals surface area contributed by atoms with E-state index in [9.17, 15) is 4.79 Å². The topological polar surface area (TPSA) is 53.3 Å². The second kappa shape index (κ2) is 5.17. The number of rotatable bonds is 1. The molecule has 4 nitrogen and oxygen atoms in total. The molecular weight excluding hydrogens is 276 g/mol. The van der Waals surface area contributed by atoms with Gasteiger partial charge in [-0.05, 0) is 57.4 Å². The van der Waals surface area contributed by atoms with Crippen molar-refractivity contribution < 1.29 is 9.53 Å².